The number of unbranched alkanes of at least 4 members (excludes halogenated alkanes) is 10. The van der Waals surface area contributed by atoms with E-state index in [1.165, 1.54) is 77.7 Å². The van der Waals surface area contributed by atoms with Crippen LogP contribution >= 0.6 is 0 Å². The summed E-state index contributed by atoms with van der Waals surface area (Å²) < 4.78 is 10.7. The molecule has 0 aliphatic rings. The quantitative estimate of drug-likeness (QED) is 0.0862. The highest BCUT2D eigenvalue weighted by Gasteiger charge is 2.20. The summed E-state index contributed by atoms with van der Waals surface area (Å²) in [6.07, 6.45) is 21.1. The van der Waals surface area contributed by atoms with Crippen LogP contribution in [0.1, 0.15) is 90.4 Å². The Hall–Kier alpha value is -0.613. The Balaban J connectivity index is 3.67. The number of hydrogen-bond acceptors (Lipinski definition) is 3. The molecule has 4 heteroatoms. The Morgan fingerprint density at radius 2 is 1.41 bits per heavy atom. The Labute approximate surface area is 183 Å². The molecule has 29 heavy (non-hydrogen) atoms. The molecule has 0 aliphatic heterocycles. The van der Waals surface area contributed by atoms with Crippen LogP contribution in [0.5, 0.6) is 0 Å². The van der Waals surface area contributed by atoms with Gasteiger partial charge in [0.05, 0.1) is 19.6 Å². The van der Waals surface area contributed by atoms with Gasteiger partial charge in [-0.15, -0.1) is 0 Å². The Bertz CT molecular complexity index is 401. The standard InChI is InChI=1S/C25H50O3Si/c1-6-7-8-9-10-11-12-13-14-15-16-17-18-19-20-24(25(26)27-2)23-28-21-22-29(3,4)5/h13-14,24H,6-12,15-23H2,1-5H3/b14-13-. The van der Waals surface area contributed by atoms with Gasteiger partial charge in [0.2, 0.25) is 0 Å². The summed E-state index contributed by atoms with van der Waals surface area (Å²) in [7, 11) is 0.407. The van der Waals surface area contributed by atoms with E-state index in [4.69, 9.17) is 9.47 Å². The number of carbonyl (C=O) groups is 1. The zero-order valence-corrected chi connectivity index (χ0v) is 21.3. The van der Waals surface area contributed by atoms with Crippen molar-refractivity contribution in [2.24, 2.45) is 5.92 Å². The van der Waals surface area contributed by atoms with E-state index < -0.39 is 8.07 Å². The van der Waals surface area contributed by atoms with Gasteiger partial charge < -0.3 is 9.47 Å². The van der Waals surface area contributed by atoms with Gasteiger partial charge in [0.1, 0.15) is 0 Å². The van der Waals surface area contributed by atoms with Gasteiger partial charge in [-0.3, -0.25) is 4.79 Å². The zero-order valence-electron chi connectivity index (χ0n) is 20.3. The molecule has 0 radical (unpaired) electrons. The van der Waals surface area contributed by atoms with Gasteiger partial charge in [0, 0.05) is 14.7 Å². The first-order chi connectivity index (χ1) is 13.9. The second kappa shape index (κ2) is 19.4. The molecule has 0 saturated heterocycles. The Morgan fingerprint density at radius 3 is 1.97 bits per heavy atom. The minimum atomic E-state index is -1.07. The van der Waals surface area contributed by atoms with E-state index in [1.807, 2.05) is 0 Å². The predicted molar refractivity (Wildman–Crippen MR) is 129 cm³/mol. The molecule has 0 fully saturated rings. The molecule has 172 valence electrons. The summed E-state index contributed by atoms with van der Waals surface area (Å²) in [6.45, 7) is 10.6. The fraction of sp³-hybridized carbons (Fsp3) is 0.880. The average Bonchev–Trinajstić information content (AvgIpc) is 2.68. The maximum atomic E-state index is 12.0. The summed E-state index contributed by atoms with van der Waals surface area (Å²) in [4.78, 5) is 12.0. The number of esters is 1. The molecular weight excluding hydrogens is 376 g/mol. The molecule has 0 aliphatic carbocycles. The largest absolute Gasteiger partial charge is 0.469 e. The lowest BCUT2D eigenvalue weighted by molar-refractivity contribution is -0.147. The number of allylic oxidation sites excluding steroid dienone is 2. The first-order valence-corrected chi connectivity index (χ1v) is 15.9. The van der Waals surface area contributed by atoms with Crippen LogP contribution in [0.2, 0.25) is 25.7 Å². The first-order valence-electron chi connectivity index (χ1n) is 12.2. The molecule has 1 atom stereocenters. The lowest BCUT2D eigenvalue weighted by atomic mass is 10.0. The predicted octanol–water partition coefficient (Wildman–Crippen LogP) is 7.78. The van der Waals surface area contributed by atoms with Crippen LogP contribution in [0.25, 0.3) is 0 Å². The van der Waals surface area contributed by atoms with Gasteiger partial charge in [-0.05, 0) is 38.1 Å². The van der Waals surface area contributed by atoms with Gasteiger partial charge in [0.25, 0.3) is 0 Å². The molecule has 0 aromatic heterocycles. The van der Waals surface area contributed by atoms with Crippen molar-refractivity contribution >= 4 is 14.0 Å². The minimum Gasteiger partial charge on any atom is -0.469 e. The molecular formula is C25H50O3Si. The molecule has 0 aromatic rings. The Morgan fingerprint density at radius 1 is 0.862 bits per heavy atom. The fourth-order valence-corrected chi connectivity index (χ4v) is 4.08. The third kappa shape index (κ3) is 20.4. The molecule has 0 saturated carbocycles. The monoisotopic (exact) mass is 426 g/mol. The van der Waals surface area contributed by atoms with Gasteiger partial charge >= 0.3 is 5.97 Å². The third-order valence-corrected chi connectivity index (χ3v) is 7.12. The van der Waals surface area contributed by atoms with E-state index in [0.717, 1.165) is 25.5 Å². The van der Waals surface area contributed by atoms with Crippen LogP contribution in [0, 0.1) is 5.92 Å². The number of carbonyl (C=O) groups excluding carboxylic acids is 1. The van der Waals surface area contributed by atoms with Crippen molar-refractivity contribution in [3.63, 3.8) is 0 Å². The van der Waals surface area contributed by atoms with Crippen molar-refractivity contribution in [3.05, 3.63) is 12.2 Å². The lowest BCUT2D eigenvalue weighted by Crippen LogP contribution is -2.25. The maximum absolute atomic E-state index is 12.0. The summed E-state index contributed by atoms with van der Waals surface area (Å²) in [6, 6.07) is 1.15. The maximum Gasteiger partial charge on any atom is 0.311 e. The number of rotatable bonds is 20. The van der Waals surface area contributed by atoms with Crippen LogP contribution in [-0.2, 0) is 14.3 Å². The highest BCUT2D eigenvalue weighted by atomic mass is 28.3. The highest BCUT2D eigenvalue weighted by molar-refractivity contribution is 6.76. The molecule has 0 rings (SSSR count). The third-order valence-electron chi connectivity index (χ3n) is 5.41. The fourth-order valence-electron chi connectivity index (χ4n) is 3.32. The summed E-state index contributed by atoms with van der Waals surface area (Å²) in [5, 5.41) is 0. The van der Waals surface area contributed by atoms with Crippen LogP contribution < -0.4 is 0 Å². The average molecular weight is 427 g/mol. The number of ether oxygens (including phenoxy) is 2. The van der Waals surface area contributed by atoms with E-state index in [2.05, 4.69) is 38.7 Å². The molecule has 0 bridgehead atoms. The summed E-state index contributed by atoms with van der Waals surface area (Å²) >= 11 is 0. The SMILES string of the molecule is CCCCCCCC/C=C\CCCCCCC(COCC[Si](C)(C)C)C(=O)OC. The molecule has 0 aromatic carbocycles. The Kier molecular flexibility index (Phi) is 18.9. The van der Waals surface area contributed by atoms with Gasteiger partial charge in [0.15, 0.2) is 0 Å². The van der Waals surface area contributed by atoms with E-state index in [9.17, 15) is 4.79 Å². The minimum absolute atomic E-state index is 0.0983. The summed E-state index contributed by atoms with van der Waals surface area (Å²) in [5.74, 6) is -0.213. The van der Waals surface area contributed by atoms with E-state index in [1.54, 1.807) is 0 Å². The molecule has 0 heterocycles. The second-order valence-corrected chi connectivity index (χ2v) is 15.2. The smallest absolute Gasteiger partial charge is 0.311 e. The van der Waals surface area contributed by atoms with Crippen LogP contribution in [0.4, 0.5) is 0 Å². The first kappa shape index (κ1) is 28.4. The highest BCUT2D eigenvalue weighted by Crippen LogP contribution is 2.15. The molecule has 0 amide bonds. The molecule has 3 nitrogen and oxygen atoms in total. The van der Waals surface area contributed by atoms with Gasteiger partial charge in [-0.25, -0.2) is 0 Å². The number of hydrogen-bond donors (Lipinski definition) is 0. The zero-order chi connectivity index (χ0) is 21.8. The lowest BCUT2D eigenvalue weighted by Gasteiger charge is -2.18. The van der Waals surface area contributed by atoms with E-state index in [0.29, 0.717) is 6.61 Å². The van der Waals surface area contributed by atoms with Crippen molar-refractivity contribution in [2.45, 2.75) is 116 Å². The van der Waals surface area contributed by atoms with Crippen LogP contribution in [0.3, 0.4) is 0 Å². The van der Waals surface area contributed by atoms with E-state index in [-0.39, 0.29) is 11.9 Å². The van der Waals surface area contributed by atoms with Crippen molar-refractivity contribution in [1.29, 1.82) is 0 Å². The van der Waals surface area contributed by atoms with Gasteiger partial charge in [-0.2, -0.15) is 0 Å². The van der Waals surface area contributed by atoms with Crippen molar-refractivity contribution in [3.8, 4) is 0 Å². The molecule has 0 spiro atoms. The second-order valence-electron chi connectivity index (χ2n) is 9.63. The topological polar surface area (TPSA) is 35.5 Å². The van der Waals surface area contributed by atoms with Crippen molar-refractivity contribution in [1.82, 2.24) is 0 Å². The van der Waals surface area contributed by atoms with Crippen LogP contribution in [-0.4, -0.2) is 34.4 Å². The van der Waals surface area contributed by atoms with E-state index >= 15 is 0 Å². The summed E-state index contributed by atoms with van der Waals surface area (Å²) in [5.41, 5.74) is 0. The molecule has 0 N–H and O–H groups in total. The van der Waals surface area contributed by atoms with Crippen LogP contribution in [0.15, 0.2) is 12.2 Å². The number of methoxy groups -OCH3 is 1. The normalized spacial score (nSPS) is 13.1. The van der Waals surface area contributed by atoms with Gasteiger partial charge in [-0.1, -0.05) is 90.1 Å². The molecule has 1 unspecified atom stereocenters. The van der Waals surface area contributed by atoms with Crippen molar-refractivity contribution in [2.75, 3.05) is 20.3 Å². The van der Waals surface area contributed by atoms with Crippen molar-refractivity contribution < 1.29 is 14.3 Å².